The molecule has 9 heteroatoms. The number of nitrogens with zero attached hydrogens (tertiary/aromatic N) is 4. The number of amides is 1. The fourth-order valence-electron chi connectivity index (χ4n) is 3.10. The summed E-state index contributed by atoms with van der Waals surface area (Å²) in [6, 6.07) is 11.9. The van der Waals surface area contributed by atoms with Crippen molar-refractivity contribution in [2.45, 2.75) is 11.6 Å². The molecule has 28 heavy (non-hydrogen) atoms. The Bertz CT molecular complexity index is 922. The Balaban J connectivity index is 1.24. The molecule has 4 rings (SSSR count). The van der Waals surface area contributed by atoms with Gasteiger partial charge in [-0.15, -0.1) is 16.4 Å². The van der Waals surface area contributed by atoms with Crippen molar-refractivity contribution in [3.63, 3.8) is 0 Å². The van der Waals surface area contributed by atoms with Crippen molar-refractivity contribution in [3.8, 4) is 0 Å². The maximum Gasteiger partial charge on any atom is 0.233 e. The fourth-order valence-corrected chi connectivity index (χ4v) is 4.72. The van der Waals surface area contributed by atoms with Crippen LogP contribution >= 0.6 is 34.7 Å². The van der Waals surface area contributed by atoms with Crippen LogP contribution in [0.5, 0.6) is 0 Å². The summed E-state index contributed by atoms with van der Waals surface area (Å²) < 4.78 is 0. The van der Waals surface area contributed by atoms with Gasteiger partial charge in [0.05, 0.1) is 5.75 Å². The number of halogens is 1. The summed E-state index contributed by atoms with van der Waals surface area (Å²) in [7, 11) is 0. The zero-order chi connectivity index (χ0) is 19.3. The molecule has 1 saturated heterocycles. The lowest BCUT2D eigenvalue weighted by Crippen LogP contribution is -2.49. The number of aromatic amines is 1. The van der Waals surface area contributed by atoms with Crippen LogP contribution < -0.4 is 4.90 Å². The fraction of sp³-hybridized carbons (Fsp3) is 0.316. The number of piperazine rings is 1. The lowest BCUT2D eigenvalue weighted by atomic mass is 10.2. The van der Waals surface area contributed by atoms with Crippen molar-refractivity contribution in [2.24, 2.45) is 0 Å². The molecule has 1 aromatic carbocycles. The molecule has 1 amide bonds. The Kier molecular flexibility index (Phi) is 6.19. The molecule has 0 bridgehead atoms. The molecule has 146 valence electrons. The van der Waals surface area contributed by atoms with E-state index in [4.69, 9.17) is 11.6 Å². The van der Waals surface area contributed by atoms with Crippen LogP contribution in [0.15, 0.2) is 46.9 Å². The number of thiophene rings is 1. The van der Waals surface area contributed by atoms with E-state index in [9.17, 15) is 4.79 Å². The van der Waals surface area contributed by atoms with E-state index in [2.05, 4.69) is 32.2 Å². The number of hydrogen-bond acceptors (Lipinski definition) is 6. The number of aromatic nitrogens is 3. The summed E-state index contributed by atoms with van der Waals surface area (Å²) in [6.07, 6.45) is 0.741. The van der Waals surface area contributed by atoms with E-state index >= 15 is 0 Å². The molecule has 0 radical (unpaired) electrons. The van der Waals surface area contributed by atoms with E-state index in [1.54, 1.807) is 11.3 Å². The number of hydrogen-bond donors (Lipinski definition) is 1. The van der Waals surface area contributed by atoms with Gasteiger partial charge >= 0.3 is 0 Å². The first-order valence-corrected chi connectivity index (χ1v) is 11.3. The van der Waals surface area contributed by atoms with Crippen LogP contribution in [0.3, 0.4) is 0 Å². The Hall–Kier alpha value is -2.03. The quantitative estimate of drug-likeness (QED) is 0.602. The minimum atomic E-state index is 0.125. The van der Waals surface area contributed by atoms with Gasteiger partial charge in [0, 0.05) is 48.2 Å². The Morgan fingerprint density at radius 2 is 2.07 bits per heavy atom. The third kappa shape index (κ3) is 4.87. The second-order valence-corrected chi connectivity index (χ2v) is 8.87. The molecule has 1 aliphatic rings. The number of carbonyl (C=O) groups excluding carboxylic acids is 1. The molecular weight excluding hydrogens is 414 g/mol. The van der Waals surface area contributed by atoms with Crippen molar-refractivity contribution >= 4 is 46.3 Å². The molecule has 0 spiro atoms. The molecule has 0 atom stereocenters. The highest BCUT2D eigenvalue weighted by Crippen LogP contribution is 2.21. The zero-order valence-corrected chi connectivity index (χ0v) is 17.6. The third-order valence-corrected chi connectivity index (χ3v) is 6.51. The topological polar surface area (TPSA) is 65.1 Å². The largest absolute Gasteiger partial charge is 0.368 e. The minimum Gasteiger partial charge on any atom is -0.368 e. The summed E-state index contributed by atoms with van der Waals surface area (Å²) in [5.41, 5.74) is 1.10. The van der Waals surface area contributed by atoms with Gasteiger partial charge in [-0.25, -0.2) is 4.98 Å². The van der Waals surface area contributed by atoms with Crippen molar-refractivity contribution in [1.82, 2.24) is 20.1 Å². The van der Waals surface area contributed by atoms with Crippen molar-refractivity contribution < 1.29 is 4.79 Å². The summed E-state index contributed by atoms with van der Waals surface area (Å²) in [6.45, 7) is 3.04. The van der Waals surface area contributed by atoms with Gasteiger partial charge < -0.3 is 9.80 Å². The molecule has 1 N–H and O–H groups in total. The van der Waals surface area contributed by atoms with Gasteiger partial charge in [0.1, 0.15) is 5.82 Å². The zero-order valence-electron chi connectivity index (χ0n) is 15.2. The average molecular weight is 434 g/mol. The van der Waals surface area contributed by atoms with Gasteiger partial charge in [-0.1, -0.05) is 35.5 Å². The van der Waals surface area contributed by atoms with Crippen molar-refractivity contribution in [1.29, 1.82) is 0 Å². The van der Waals surface area contributed by atoms with Crippen LogP contribution in [-0.4, -0.2) is 57.9 Å². The van der Waals surface area contributed by atoms with Gasteiger partial charge in [0.25, 0.3) is 0 Å². The van der Waals surface area contributed by atoms with Crippen LogP contribution in [0, 0.1) is 0 Å². The highest BCUT2D eigenvalue weighted by Gasteiger charge is 2.22. The molecule has 0 aliphatic carbocycles. The molecular formula is C19H20ClN5OS2. The maximum atomic E-state index is 12.5. The van der Waals surface area contributed by atoms with Crippen LogP contribution in [-0.2, 0) is 11.2 Å². The van der Waals surface area contributed by atoms with Gasteiger partial charge in [-0.3, -0.25) is 9.89 Å². The molecule has 6 nitrogen and oxygen atoms in total. The second kappa shape index (κ2) is 8.98. The predicted octanol–water partition coefficient (Wildman–Crippen LogP) is 3.55. The number of thioether (sulfide) groups is 1. The van der Waals surface area contributed by atoms with Gasteiger partial charge in [0.15, 0.2) is 0 Å². The maximum absolute atomic E-state index is 12.5. The van der Waals surface area contributed by atoms with Crippen molar-refractivity contribution in [3.05, 3.63) is 57.5 Å². The van der Waals surface area contributed by atoms with E-state index in [-0.39, 0.29) is 5.91 Å². The second-order valence-electron chi connectivity index (χ2n) is 6.46. The van der Waals surface area contributed by atoms with E-state index in [0.29, 0.717) is 24.0 Å². The molecule has 3 aromatic rings. The normalized spacial score (nSPS) is 14.5. The standard InChI is InChI=1S/C19H20ClN5OS2/c20-14-3-1-4-15(11-14)24-6-8-25(9-7-24)18(26)13-28-19-21-17(22-23-19)12-16-5-2-10-27-16/h1-5,10-11H,6-9,12-13H2,(H,21,22,23). The van der Waals surface area contributed by atoms with E-state index in [0.717, 1.165) is 36.0 Å². The van der Waals surface area contributed by atoms with Crippen molar-refractivity contribution in [2.75, 3.05) is 36.8 Å². The highest BCUT2D eigenvalue weighted by atomic mass is 35.5. The summed E-state index contributed by atoms with van der Waals surface area (Å²) >= 11 is 9.16. The Morgan fingerprint density at radius 1 is 1.21 bits per heavy atom. The smallest absolute Gasteiger partial charge is 0.233 e. The number of anilines is 1. The SMILES string of the molecule is O=C(CSc1n[nH]c(Cc2cccs2)n1)N1CCN(c2cccc(Cl)c2)CC1. The van der Waals surface area contributed by atoms with Crippen LogP contribution in [0.4, 0.5) is 5.69 Å². The first kappa shape index (κ1) is 19.3. The highest BCUT2D eigenvalue weighted by molar-refractivity contribution is 7.99. The lowest BCUT2D eigenvalue weighted by Gasteiger charge is -2.36. The van der Waals surface area contributed by atoms with Crippen LogP contribution in [0.2, 0.25) is 5.02 Å². The number of benzene rings is 1. The number of H-pyrrole nitrogens is 1. The summed E-state index contributed by atoms with van der Waals surface area (Å²) in [5.74, 6) is 1.31. The minimum absolute atomic E-state index is 0.125. The Morgan fingerprint density at radius 3 is 2.82 bits per heavy atom. The molecule has 0 saturated carbocycles. The average Bonchev–Trinajstić information content (AvgIpc) is 3.39. The first-order valence-electron chi connectivity index (χ1n) is 9.02. The predicted molar refractivity (Wildman–Crippen MR) is 114 cm³/mol. The molecule has 3 heterocycles. The van der Waals surface area contributed by atoms with Gasteiger partial charge in [-0.05, 0) is 29.6 Å². The number of rotatable bonds is 6. The lowest BCUT2D eigenvalue weighted by molar-refractivity contribution is -0.128. The summed E-state index contributed by atoms with van der Waals surface area (Å²) in [5, 5.41) is 10.6. The third-order valence-electron chi connectivity index (χ3n) is 4.56. The summed E-state index contributed by atoms with van der Waals surface area (Å²) in [4.78, 5) is 22.4. The first-order chi connectivity index (χ1) is 13.7. The molecule has 1 fully saturated rings. The number of carbonyl (C=O) groups is 1. The molecule has 1 aliphatic heterocycles. The van der Waals surface area contributed by atoms with Crippen LogP contribution in [0.1, 0.15) is 10.7 Å². The number of nitrogens with one attached hydrogen (secondary N) is 1. The van der Waals surface area contributed by atoms with E-state index < -0.39 is 0 Å². The monoisotopic (exact) mass is 433 g/mol. The molecule has 0 unspecified atom stereocenters. The molecule has 2 aromatic heterocycles. The van der Waals surface area contributed by atoms with Crippen LogP contribution in [0.25, 0.3) is 0 Å². The van der Waals surface area contributed by atoms with Gasteiger partial charge in [-0.2, -0.15) is 0 Å². The van der Waals surface area contributed by atoms with E-state index in [1.165, 1.54) is 16.6 Å². The van der Waals surface area contributed by atoms with E-state index in [1.807, 2.05) is 34.5 Å². The Labute approximate surface area is 176 Å². The van der Waals surface area contributed by atoms with Gasteiger partial charge in [0.2, 0.25) is 11.1 Å².